The SMILES string of the molecule is N#Cc1nc2ccc(NC3CCC(=O)CC3)c(Br)c2s1. The van der Waals surface area contributed by atoms with E-state index in [9.17, 15) is 4.79 Å². The number of nitrogens with zero attached hydrogens (tertiary/aromatic N) is 2. The summed E-state index contributed by atoms with van der Waals surface area (Å²) < 4.78 is 1.93. The maximum Gasteiger partial charge on any atom is 0.195 e. The molecule has 0 radical (unpaired) electrons. The summed E-state index contributed by atoms with van der Waals surface area (Å²) in [7, 11) is 0. The standard InChI is InChI=1S/C14H12BrN3OS/c15-13-10(17-8-1-3-9(19)4-2-8)5-6-11-14(13)20-12(7-16)18-11/h5-6,8,17H,1-4H2. The number of thiazole rings is 1. The Morgan fingerprint density at radius 1 is 1.40 bits per heavy atom. The third kappa shape index (κ3) is 2.56. The second kappa shape index (κ2) is 5.51. The lowest BCUT2D eigenvalue weighted by atomic mass is 9.94. The predicted octanol–water partition coefficient (Wildman–Crippen LogP) is 3.85. The maximum atomic E-state index is 11.3. The Balaban J connectivity index is 1.86. The zero-order valence-corrected chi connectivity index (χ0v) is 13.1. The molecule has 0 spiro atoms. The molecule has 0 saturated heterocycles. The van der Waals surface area contributed by atoms with Gasteiger partial charge >= 0.3 is 0 Å². The number of benzene rings is 1. The fraction of sp³-hybridized carbons (Fsp3) is 0.357. The summed E-state index contributed by atoms with van der Waals surface area (Å²) in [5.74, 6) is 0.360. The van der Waals surface area contributed by atoms with Gasteiger partial charge in [-0.1, -0.05) is 0 Å². The van der Waals surface area contributed by atoms with E-state index in [0.717, 1.165) is 33.2 Å². The van der Waals surface area contributed by atoms with Crippen LogP contribution in [0.15, 0.2) is 16.6 Å². The lowest BCUT2D eigenvalue weighted by Gasteiger charge is -2.23. The normalized spacial score (nSPS) is 16.3. The average molecular weight is 350 g/mol. The molecular formula is C14H12BrN3OS. The number of fused-ring (bicyclic) bond motifs is 1. The molecule has 1 aliphatic rings. The summed E-state index contributed by atoms with van der Waals surface area (Å²) in [6, 6.07) is 6.32. The first-order valence-electron chi connectivity index (χ1n) is 6.45. The largest absolute Gasteiger partial charge is 0.381 e. The number of hydrogen-bond acceptors (Lipinski definition) is 5. The first kappa shape index (κ1) is 13.5. The lowest BCUT2D eigenvalue weighted by Crippen LogP contribution is -2.26. The molecule has 6 heteroatoms. The molecule has 1 aromatic heterocycles. The van der Waals surface area contributed by atoms with Crippen LogP contribution in [-0.4, -0.2) is 16.8 Å². The van der Waals surface area contributed by atoms with E-state index in [1.54, 1.807) is 0 Å². The Bertz CT molecular complexity index is 709. The van der Waals surface area contributed by atoms with E-state index in [1.165, 1.54) is 11.3 Å². The number of nitriles is 1. The van der Waals surface area contributed by atoms with Gasteiger partial charge in [0.2, 0.25) is 0 Å². The van der Waals surface area contributed by atoms with Gasteiger partial charge in [0.25, 0.3) is 0 Å². The predicted molar refractivity (Wildman–Crippen MR) is 82.9 cm³/mol. The summed E-state index contributed by atoms with van der Waals surface area (Å²) in [6.07, 6.45) is 3.10. The highest BCUT2D eigenvalue weighted by Crippen LogP contribution is 2.36. The number of ketones is 1. The Labute approximate surface area is 128 Å². The Morgan fingerprint density at radius 3 is 2.85 bits per heavy atom. The minimum absolute atomic E-state index is 0.338. The molecule has 1 fully saturated rings. The quantitative estimate of drug-likeness (QED) is 0.893. The van der Waals surface area contributed by atoms with Crippen molar-refractivity contribution in [2.75, 3.05) is 5.32 Å². The molecule has 0 bridgehead atoms. The van der Waals surface area contributed by atoms with Crippen LogP contribution in [0.2, 0.25) is 0 Å². The molecule has 1 aliphatic carbocycles. The molecule has 0 unspecified atom stereocenters. The molecule has 1 saturated carbocycles. The number of carbonyl (C=O) groups excluding carboxylic acids is 1. The van der Waals surface area contributed by atoms with Gasteiger partial charge in [-0.25, -0.2) is 4.98 Å². The zero-order valence-electron chi connectivity index (χ0n) is 10.6. The second-order valence-electron chi connectivity index (χ2n) is 4.86. The van der Waals surface area contributed by atoms with Crippen LogP contribution in [0, 0.1) is 11.3 Å². The number of aromatic nitrogens is 1. The molecule has 1 aromatic carbocycles. The summed E-state index contributed by atoms with van der Waals surface area (Å²) in [4.78, 5) is 15.5. The van der Waals surface area contributed by atoms with Gasteiger partial charge in [0.1, 0.15) is 11.9 Å². The topological polar surface area (TPSA) is 65.8 Å². The van der Waals surface area contributed by atoms with E-state index in [0.29, 0.717) is 29.7 Å². The van der Waals surface area contributed by atoms with Gasteiger partial charge in [0, 0.05) is 18.9 Å². The summed E-state index contributed by atoms with van der Waals surface area (Å²) in [6.45, 7) is 0. The first-order chi connectivity index (χ1) is 9.67. The molecule has 0 aliphatic heterocycles. The molecule has 102 valence electrons. The minimum Gasteiger partial charge on any atom is -0.381 e. The summed E-state index contributed by atoms with van der Waals surface area (Å²) >= 11 is 4.98. The van der Waals surface area contributed by atoms with Crippen molar-refractivity contribution in [2.24, 2.45) is 0 Å². The van der Waals surface area contributed by atoms with Crippen molar-refractivity contribution in [3.05, 3.63) is 21.6 Å². The van der Waals surface area contributed by atoms with Crippen LogP contribution in [0.4, 0.5) is 5.69 Å². The third-order valence-corrected chi connectivity index (χ3v) is 5.58. The van der Waals surface area contributed by atoms with Crippen molar-refractivity contribution in [3.63, 3.8) is 0 Å². The third-order valence-electron chi connectivity index (χ3n) is 3.50. The highest BCUT2D eigenvalue weighted by Gasteiger charge is 2.20. The van der Waals surface area contributed by atoms with Crippen molar-refractivity contribution in [1.82, 2.24) is 4.98 Å². The lowest BCUT2D eigenvalue weighted by molar-refractivity contribution is -0.120. The maximum absolute atomic E-state index is 11.3. The number of hydrogen-bond donors (Lipinski definition) is 1. The molecule has 20 heavy (non-hydrogen) atoms. The van der Waals surface area contributed by atoms with Gasteiger partial charge in [0.05, 0.1) is 20.4 Å². The number of rotatable bonds is 2. The van der Waals surface area contributed by atoms with Gasteiger partial charge in [-0.2, -0.15) is 5.26 Å². The molecule has 4 nitrogen and oxygen atoms in total. The van der Waals surface area contributed by atoms with Gasteiger partial charge in [-0.15, -0.1) is 11.3 Å². The van der Waals surface area contributed by atoms with Crippen LogP contribution in [0.5, 0.6) is 0 Å². The van der Waals surface area contributed by atoms with Gasteiger partial charge in [-0.05, 0) is 40.9 Å². The first-order valence-corrected chi connectivity index (χ1v) is 8.05. The highest BCUT2D eigenvalue weighted by molar-refractivity contribution is 9.10. The molecule has 0 atom stereocenters. The Morgan fingerprint density at radius 2 is 2.15 bits per heavy atom. The van der Waals surface area contributed by atoms with E-state index < -0.39 is 0 Å². The van der Waals surface area contributed by atoms with Gasteiger partial charge < -0.3 is 5.32 Å². The van der Waals surface area contributed by atoms with E-state index >= 15 is 0 Å². The van der Waals surface area contributed by atoms with Crippen LogP contribution >= 0.6 is 27.3 Å². The van der Waals surface area contributed by atoms with Crippen LogP contribution in [0.1, 0.15) is 30.7 Å². The van der Waals surface area contributed by atoms with Gasteiger partial charge in [-0.3, -0.25) is 4.79 Å². The van der Waals surface area contributed by atoms with Crippen LogP contribution in [0.3, 0.4) is 0 Å². The number of carbonyl (C=O) groups is 1. The summed E-state index contributed by atoms with van der Waals surface area (Å²) in [5, 5.41) is 12.9. The van der Waals surface area contributed by atoms with Crippen molar-refractivity contribution >= 4 is 49.0 Å². The number of anilines is 1. The van der Waals surface area contributed by atoms with Crippen molar-refractivity contribution < 1.29 is 4.79 Å². The van der Waals surface area contributed by atoms with Crippen molar-refractivity contribution in [1.29, 1.82) is 5.26 Å². The highest BCUT2D eigenvalue weighted by atomic mass is 79.9. The molecule has 1 N–H and O–H groups in total. The number of nitrogens with one attached hydrogen (secondary N) is 1. The van der Waals surface area contributed by atoms with Crippen LogP contribution < -0.4 is 5.32 Å². The smallest absolute Gasteiger partial charge is 0.195 e. The van der Waals surface area contributed by atoms with Crippen molar-refractivity contribution in [2.45, 2.75) is 31.7 Å². The van der Waals surface area contributed by atoms with Crippen LogP contribution in [0.25, 0.3) is 10.2 Å². The van der Waals surface area contributed by atoms with Gasteiger partial charge in [0.15, 0.2) is 5.01 Å². The molecular weight excluding hydrogens is 338 g/mol. The number of halogens is 1. The number of Topliss-reactive ketones (excluding diaryl/α,β-unsaturated/α-hetero) is 1. The monoisotopic (exact) mass is 349 g/mol. The summed E-state index contributed by atoms with van der Waals surface area (Å²) in [5.41, 5.74) is 1.84. The molecule has 3 rings (SSSR count). The van der Waals surface area contributed by atoms with E-state index in [1.807, 2.05) is 12.1 Å². The Hall–Kier alpha value is -1.45. The van der Waals surface area contributed by atoms with E-state index in [4.69, 9.17) is 5.26 Å². The van der Waals surface area contributed by atoms with E-state index in [-0.39, 0.29) is 0 Å². The fourth-order valence-electron chi connectivity index (χ4n) is 2.42. The average Bonchev–Trinajstić information content (AvgIpc) is 2.88. The Kier molecular flexibility index (Phi) is 3.72. The van der Waals surface area contributed by atoms with Crippen molar-refractivity contribution in [3.8, 4) is 6.07 Å². The molecule has 2 aromatic rings. The van der Waals surface area contributed by atoms with E-state index in [2.05, 4.69) is 32.3 Å². The zero-order chi connectivity index (χ0) is 14.1. The molecule has 1 heterocycles. The minimum atomic E-state index is 0.338. The fourth-order valence-corrected chi connectivity index (χ4v) is 3.92. The second-order valence-corrected chi connectivity index (χ2v) is 6.66. The van der Waals surface area contributed by atoms with Crippen LogP contribution in [-0.2, 0) is 4.79 Å². The molecule has 0 amide bonds.